The predicted molar refractivity (Wildman–Crippen MR) is 130 cm³/mol. The third-order valence-corrected chi connectivity index (χ3v) is 8.11. The number of hydrogen-bond acceptors (Lipinski definition) is 5. The Morgan fingerprint density at radius 2 is 1.91 bits per heavy atom. The molecule has 0 aliphatic carbocycles. The number of nitrogens with zero attached hydrogens (tertiary/aromatic N) is 3. The van der Waals surface area contributed by atoms with E-state index in [2.05, 4.69) is 15.3 Å². The van der Waals surface area contributed by atoms with Crippen LogP contribution in [0.2, 0.25) is 0 Å². The van der Waals surface area contributed by atoms with Crippen molar-refractivity contribution in [1.82, 2.24) is 19.4 Å². The maximum absolute atomic E-state index is 13.0. The summed E-state index contributed by atoms with van der Waals surface area (Å²) in [5, 5.41) is 2.06. The Morgan fingerprint density at radius 3 is 2.62 bits per heavy atom. The fraction of sp³-hybridized carbons (Fsp3) is 0.292. The predicted octanol–water partition coefficient (Wildman–Crippen LogP) is 4.86. The van der Waals surface area contributed by atoms with E-state index in [0.29, 0.717) is 18.7 Å². The van der Waals surface area contributed by atoms with Crippen LogP contribution in [-0.2, 0) is 5.75 Å². The van der Waals surface area contributed by atoms with Gasteiger partial charge in [0, 0.05) is 41.5 Å². The number of piperidine rings is 1. The summed E-state index contributed by atoms with van der Waals surface area (Å²) in [4.78, 5) is 34.8. The highest BCUT2D eigenvalue weighted by molar-refractivity contribution is 8.00. The molecule has 1 aliphatic rings. The van der Waals surface area contributed by atoms with Gasteiger partial charge in [0.2, 0.25) is 0 Å². The zero-order chi connectivity index (χ0) is 22.1. The maximum Gasteiger partial charge on any atom is 0.326 e. The second-order valence-corrected chi connectivity index (χ2v) is 10.2. The highest BCUT2D eigenvalue weighted by atomic mass is 32.2. The number of aromatic amines is 1. The van der Waals surface area contributed by atoms with Gasteiger partial charge in [-0.2, -0.15) is 0 Å². The fourth-order valence-corrected chi connectivity index (χ4v) is 6.04. The molecular weight excluding hydrogens is 440 g/mol. The van der Waals surface area contributed by atoms with Gasteiger partial charge in [-0.1, -0.05) is 36.0 Å². The molecule has 2 aromatic heterocycles. The van der Waals surface area contributed by atoms with E-state index in [0.717, 1.165) is 39.7 Å². The SMILES string of the molecule is Cc1csc(SCc2ccc(C(=O)N3CCC(n4c(=O)[nH]c5ccccc54)CC3)cc2)n1. The summed E-state index contributed by atoms with van der Waals surface area (Å²) in [6.45, 7) is 3.30. The number of amides is 1. The third kappa shape index (κ3) is 4.25. The second kappa shape index (κ2) is 8.96. The van der Waals surface area contributed by atoms with Crippen molar-refractivity contribution in [3.05, 3.63) is 81.2 Å². The molecular formula is C24H24N4O2S2. The lowest BCUT2D eigenvalue weighted by Crippen LogP contribution is -2.40. The Morgan fingerprint density at radius 1 is 1.16 bits per heavy atom. The van der Waals surface area contributed by atoms with Crippen molar-refractivity contribution in [3.63, 3.8) is 0 Å². The van der Waals surface area contributed by atoms with Crippen molar-refractivity contribution in [2.24, 2.45) is 0 Å². The van der Waals surface area contributed by atoms with E-state index in [1.807, 2.05) is 64.9 Å². The number of para-hydroxylation sites is 2. The molecule has 164 valence electrons. The number of carbonyl (C=O) groups is 1. The summed E-state index contributed by atoms with van der Waals surface area (Å²) in [5.74, 6) is 0.899. The summed E-state index contributed by atoms with van der Waals surface area (Å²) in [7, 11) is 0. The quantitative estimate of drug-likeness (QED) is 0.428. The number of carbonyl (C=O) groups excluding carboxylic acids is 1. The number of imidazole rings is 1. The number of thiazole rings is 1. The average molecular weight is 465 g/mol. The first-order valence-corrected chi connectivity index (χ1v) is 12.6. The molecule has 4 aromatic rings. The molecule has 5 rings (SSSR count). The van der Waals surface area contributed by atoms with Crippen LogP contribution in [0.5, 0.6) is 0 Å². The smallest absolute Gasteiger partial charge is 0.326 e. The fourth-order valence-electron chi connectivity index (χ4n) is 4.23. The van der Waals surface area contributed by atoms with Crippen molar-refractivity contribution >= 4 is 40.0 Å². The summed E-state index contributed by atoms with van der Waals surface area (Å²) in [6.07, 6.45) is 1.55. The van der Waals surface area contributed by atoms with Gasteiger partial charge in [0.05, 0.1) is 11.0 Å². The molecule has 3 heterocycles. The van der Waals surface area contributed by atoms with Crippen LogP contribution in [-0.4, -0.2) is 38.4 Å². The van der Waals surface area contributed by atoms with Crippen LogP contribution >= 0.6 is 23.1 Å². The molecule has 0 saturated carbocycles. The Balaban J connectivity index is 1.20. The number of hydrogen-bond donors (Lipinski definition) is 1. The van der Waals surface area contributed by atoms with Crippen molar-refractivity contribution in [2.75, 3.05) is 13.1 Å². The number of benzene rings is 2. The van der Waals surface area contributed by atoms with E-state index in [-0.39, 0.29) is 17.6 Å². The molecule has 1 N–H and O–H groups in total. The monoisotopic (exact) mass is 464 g/mol. The minimum Gasteiger partial charge on any atom is -0.338 e. The molecule has 8 heteroatoms. The normalized spacial score (nSPS) is 14.8. The van der Waals surface area contributed by atoms with Crippen LogP contribution < -0.4 is 5.69 Å². The topological polar surface area (TPSA) is 71.0 Å². The number of H-pyrrole nitrogens is 1. The minimum absolute atomic E-state index is 0.0597. The number of aromatic nitrogens is 3. The standard InChI is InChI=1S/C24H24N4O2S2/c1-16-14-31-24(25-16)32-15-17-6-8-18(9-7-17)22(29)27-12-10-19(11-13-27)28-21-5-3-2-4-20(21)26-23(28)30/h2-9,14,19H,10-13,15H2,1H3,(H,26,30). The molecule has 2 aromatic carbocycles. The van der Waals surface area contributed by atoms with Gasteiger partial charge in [-0.25, -0.2) is 9.78 Å². The molecule has 1 saturated heterocycles. The molecule has 0 spiro atoms. The highest BCUT2D eigenvalue weighted by Gasteiger charge is 2.26. The van der Waals surface area contributed by atoms with Gasteiger partial charge in [0.15, 0.2) is 0 Å². The summed E-state index contributed by atoms with van der Waals surface area (Å²) in [5.41, 5.74) is 4.67. The third-order valence-electron chi connectivity index (χ3n) is 5.90. The Hall–Kier alpha value is -2.84. The van der Waals surface area contributed by atoms with Crippen molar-refractivity contribution in [2.45, 2.75) is 35.9 Å². The van der Waals surface area contributed by atoms with Crippen LogP contribution in [0, 0.1) is 6.92 Å². The Kier molecular flexibility index (Phi) is 5.89. The van der Waals surface area contributed by atoms with Crippen LogP contribution in [0.25, 0.3) is 11.0 Å². The summed E-state index contributed by atoms with van der Waals surface area (Å²) in [6, 6.07) is 15.8. The van der Waals surface area contributed by atoms with Gasteiger partial charge in [0.1, 0.15) is 4.34 Å². The number of thioether (sulfide) groups is 1. The van der Waals surface area contributed by atoms with E-state index < -0.39 is 0 Å². The highest BCUT2D eigenvalue weighted by Crippen LogP contribution is 2.27. The van der Waals surface area contributed by atoms with Gasteiger partial charge >= 0.3 is 5.69 Å². The molecule has 1 fully saturated rings. The van der Waals surface area contributed by atoms with E-state index in [9.17, 15) is 9.59 Å². The zero-order valence-electron chi connectivity index (χ0n) is 17.8. The summed E-state index contributed by atoms with van der Waals surface area (Å²) < 4.78 is 2.92. The van der Waals surface area contributed by atoms with E-state index in [1.54, 1.807) is 23.1 Å². The lowest BCUT2D eigenvalue weighted by molar-refractivity contribution is 0.0695. The van der Waals surface area contributed by atoms with Gasteiger partial charge in [-0.3, -0.25) is 9.36 Å². The van der Waals surface area contributed by atoms with Gasteiger partial charge in [-0.15, -0.1) is 11.3 Å². The van der Waals surface area contributed by atoms with Gasteiger partial charge in [-0.05, 0) is 49.6 Å². The first kappa shape index (κ1) is 21.0. The second-order valence-electron chi connectivity index (χ2n) is 8.08. The van der Waals surface area contributed by atoms with Crippen LogP contribution in [0.1, 0.15) is 40.5 Å². The zero-order valence-corrected chi connectivity index (χ0v) is 19.4. The largest absolute Gasteiger partial charge is 0.338 e. The van der Waals surface area contributed by atoms with Crippen molar-refractivity contribution in [1.29, 1.82) is 0 Å². The molecule has 1 aliphatic heterocycles. The maximum atomic E-state index is 13.0. The van der Waals surface area contributed by atoms with Gasteiger partial charge < -0.3 is 9.88 Å². The molecule has 0 bridgehead atoms. The first-order chi connectivity index (χ1) is 15.6. The first-order valence-electron chi connectivity index (χ1n) is 10.7. The van der Waals surface area contributed by atoms with Crippen LogP contribution in [0.3, 0.4) is 0 Å². The number of nitrogens with one attached hydrogen (secondary N) is 1. The minimum atomic E-state index is -0.0719. The molecule has 32 heavy (non-hydrogen) atoms. The number of likely N-dealkylation sites (tertiary alicyclic amines) is 1. The van der Waals surface area contributed by atoms with E-state index in [1.165, 1.54) is 5.56 Å². The Labute approximate surface area is 194 Å². The number of aryl methyl sites for hydroxylation is 1. The summed E-state index contributed by atoms with van der Waals surface area (Å²) >= 11 is 3.38. The Bertz CT molecular complexity index is 1300. The molecule has 0 radical (unpaired) electrons. The van der Waals surface area contributed by atoms with Crippen LogP contribution in [0.4, 0.5) is 0 Å². The average Bonchev–Trinajstić information content (AvgIpc) is 3.39. The van der Waals surface area contributed by atoms with Crippen molar-refractivity contribution in [3.8, 4) is 0 Å². The molecule has 1 amide bonds. The lowest BCUT2D eigenvalue weighted by Gasteiger charge is -2.32. The van der Waals surface area contributed by atoms with E-state index >= 15 is 0 Å². The molecule has 6 nitrogen and oxygen atoms in total. The lowest BCUT2D eigenvalue weighted by atomic mass is 10.0. The number of rotatable bonds is 5. The van der Waals surface area contributed by atoms with Crippen molar-refractivity contribution < 1.29 is 4.79 Å². The molecule has 0 unspecified atom stereocenters. The number of fused-ring (bicyclic) bond motifs is 1. The molecule has 0 atom stereocenters. The van der Waals surface area contributed by atoms with Gasteiger partial charge in [0.25, 0.3) is 5.91 Å². The van der Waals surface area contributed by atoms with E-state index in [4.69, 9.17) is 0 Å². The van der Waals surface area contributed by atoms with Crippen LogP contribution in [0.15, 0.2) is 63.0 Å².